The Morgan fingerprint density at radius 1 is 1.00 bits per heavy atom. The van der Waals surface area contributed by atoms with Gasteiger partial charge in [0.05, 0.1) is 15.9 Å². The molecule has 4 nitrogen and oxygen atoms in total. The fraction of sp³-hybridized carbons (Fsp3) is 0.458. The van der Waals surface area contributed by atoms with E-state index < -0.39 is 10.0 Å². The van der Waals surface area contributed by atoms with Crippen LogP contribution in [-0.2, 0) is 10.0 Å². The number of hydrazone groups is 1. The fourth-order valence-corrected chi connectivity index (χ4v) is 7.07. The van der Waals surface area contributed by atoms with E-state index in [4.69, 9.17) is 0 Å². The Kier molecular flexibility index (Phi) is 6.26. The molecule has 160 valence electrons. The molecule has 30 heavy (non-hydrogen) atoms. The van der Waals surface area contributed by atoms with Gasteiger partial charge in [-0.1, -0.05) is 55.7 Å². The third-order valence-corrected chi connectivity index (χ3v) is 9.22. The minimum atomic E-state index is -3.68. The predicted octanol–water partition coefficient (Wildman–Crippen LogP) is 5.78. The lowest BCUT2D eigenvalue weighted by Gasteiger charge is -2.48. The van der Waals surface area contributed by atoms with E-state index in [0.29, 0.717) is 5.92 Å². The summed E-state index contributed by atoms with van der Waals surface area (Å²) in [6, 6.07) is 17.3. The molecule has 2 aromatic rings. The monoisotopic (exact) mass is 442 g/mol. The molecule has 0 spiro atoms. The minimum absolute atomic E-state index is 0.0429. The summed E-state index contributed by atoms with van der Waals surface area (Å²) in [6.45, 7) is 4.25. The first-order valence-corrected chi connectivity index (χ1v) is 13.1. The molecule has 3 atom stereocenters. The lowest BCUT2D eigenvalue weighted by molar-refractivity contribution is 0.163. The van der Waals surface area contributed by atoms with Gasteiger partial charge >= 0.3 is 0 Å². The molecular weight excluding hydrogens is 412 g/mol. The molecule has 4 rings (SSSR count). The number of nitrogens with zero attached hydrogens (tertiary/aromatic N) is 1. The maximum Gasteiger partial charge on any atom is 0.276 e. The van der Waals surface area contributed by atoms with Crippen molar-refractivity contribution < 1.29 is 8.42 Å². The smallest absolute Gasteiger partial charge is 0.200 e. The van der Waals surface area contributed by atoms with Gasteiger partial charge in [0.1, 0.15) is 0 Å². The summed E-state index contributed by atoms with van der Waals surface area (Å²) in [7, 11) is -3.68. The summed E-state index contributed by atoms with van der Waals surface area (Å²) >= 11 is 1.81. The van der Waals surface area contributed by atoms with Crippen LogP contribution in [0.25, 0.3) is 0 Å². The zero-order valence-electron chi connectivity index (χ0n) is 17.7. The number of aryl methyl sites for hydroxylation is 1. The Morgan fingerprint density at radius 2 is 1.73 bits per heavy atom. The van der Waals surface area contributed by atoms with Gasteiger partial charge in [-0.25, -0.2) is 4.83 Å². The van der Waals surface area contributed by atoms with Crippen LogP contribution in [0, 0.1) is 18.3 Å². The zero-order valence-corrected chi connectivity index (χ0v) is 19.3. The standard InChI is InChI=1S/C24H30N2O2S2/c1-18-11-14-21(15-12-18)30(27,28)26-25-23-22(29-20-9-4-3-5-10-20)16-13-19-8-6-7-17-24(19,23)2/h3-5,9-12,14-15,19,22,26H,6-8,13,16-17H2,1-2H3/b25-23-/t19-,22?,24+/m0/s1. The average molecular weight is 443 g/mol. The zero-order chi connectivity index (χ0) is 21.2. The highest BCUT2D eigenvalue weighted by Gasteiger charge is 2.47. The third-order valence-electron chi connectivity index (χ3n) is 6.71. The average Bonchev–Trinajstić information content (AvgIpc) is 2.73. The molecule has 6 heteroatoms. The van der Waals surface area contributed by atoms with Crippen LogP contribution in [0.5, 0.6) is 0 Å². The molecule has 2 aliphatic rings. The number of rotatable bonds is 5. The fourth-order valence-electron chi connectivity index (χ4n) is 4.92. The predicted molar refractivity (Wildman–Crippen MR) is 124 cm³/mol. The summed E-state index contributed by atoms with van der Waals surface area (Å²) in [4.78, 5) is 4.04. The highest BCUT2D eigenvalue weighted by molar-refractivity contribution is 8.00. The van der Waals surface area contributed by atoms with Gasteiger partial charge in [-0.05, 0) is 62.8 Å². The lowest BCUT2D eigenvalue weighted by atomic mass is 9.59. The molecule has 0 heterocycles. The van der Waals surface area contributed by atoms with E-state index in [1.807, 2.05) is 49.0 Å². The van der Waals surface area contributed by atoms with Gasteiger partial charge in [0.15, 0.2) is 0 Å². The summed E-state index contributed by atoms with van der Waals surface area (Å²) < 4.78 is 25.8. The van der Waals surface area contributed by atoms with Gasteiger partial charge < -0.3 is 0 Å². The largest absolute Gasteiger partial charge is 0.276 e. The van der Waals surface area contributed by atoms with E-state index in [9.17, 15) is 8.42 Å². The molecule has 0 radical (unpaired) electrons. The molecule has 0 bridgehead atoms. The summed E-state index contributed by atoms with van der Waals surface area (Å²) in [5, 5.41) is 4.83. The van der Waals surface area contributed by atoms with Gasteiger partial charge in [-0.2, -0.15) is 13.5 Å². The van der Waals surface area contributed by atoms with Crippen LogP contribution in [0.4, 0.5) is 0 Å². The van der Waals surface area contributed by atoms with Crippen molar-refractivity contribution in [3.8, 4) is 0 Å². The van der Waals surface area contributed by atoms with Crippen molar-refractivity contribution in [2.24, 2.45) is 16.4 Å². The molecule has 2 aromatic carbocycles. The van der Waals surface area contributed by atoms with Crippen molar-refractivity contribution in [3.05, 3.63) is 60.2 Å². The highest BCUT2D eigenvalue weighted by Crippen LogP contribution is 2.51. The van der Waals surface area contributed by atoms with E-state index in [-0.39, 0.29) is 15.6 Å². The van der Waals surface area contributed by atoms with E-state index in [2.05, 4.69) is 29.0 Å². The number of sulfonamides is 1. The van der Waals surface area contributed by atoms with Crippen molar-refractivity contribution in [2.75, 3.05) is 0 Å². The molecule has 0 amide bonds. The van der Waals surface area contributed by atoms with Gasteiger partial charge in [0.2, 0.25) is 0 Å². The second-order valence-corrected chi connectivity index (χ2v) is 11.7. The molecule has 1 N–H and O–H groups in total. The van der Waals surface area contributed by atoms with Gasteiger partial charge in [-0.15, -0.1) is 11.8 Å². The molecule has 2 aliphatic carbocycles. The number of hydrogen-bond donors (Lipinski definition) is 1. The maximum atomic E-state index is 12.9. The van der Waals surface area contributed by atoms with Crippen LogP contribution in [0.2, 0.25) is 0 Å². The summed E-state index contributed by atoms with van der Waals surface area (Å²) in [5.41, 5.74) is 2.01. The highest BCUT2D eigenvalue weighted by atomic mass is 32.2. The number of fused-ring (bicyclic) bond motifs is 1. The normalized spacial score (nSPS) is 28.1. The first kappa shape index (κ1) is 21.4. The van der Waals surface area contributed by atoms with Crippen molar-refractivity contribution in [1.82, 2.24) is 4.83 Å². The molecule has 0 saturated heterocycles. The van der Waals surface area contributed by atoms with Gasteiger partial charge in [0, 0.05) is 10.3 Å². The Hall–Kier alpha value is -1.79. The van der Waals surface area contributed by atoms with Crippen LogP contribution >= 0.6 is 11.8 Å². The van der Waals surface area contributed by atoms with Gasteiger partial charge in [-0.3, -0.25) is 0 Å². The Balaban J connectivity index is 1.65. The minimum Gasteiger partial charge on any atom is -0.200 e. The summed E-state index contributed by atoms with van der Waals surface area (Å²) in [6.07, 6.45) is 6.95. The first-order chi connectivity index (χ1) is 14.4. The molecule has 2 fully saturated rings. The second-order valence-electron chi connectivity index (χ2n) is 8.76. The van der Waals surface area contributed by atoms with Crippen LogP contribution in [-0.4, -0.2) is 19.4 Å². The maximum absolute atomic E-state index is 12.9. The first-order valence-electron chi connectivity index (χ1n) is 10.8. The molecule has 0 aliphatic heterocycles. The summed E-state index contributed by atoms with van der Waals surface area (Å²) in [5.74, 6) is 0.585. The third kappa shape index (κ3) is 4.45. The molecular formula is C24H30N2O2S2. The second kappa shape index (κ2) is 8.75. The topological polar surface area (TPSA) is 58.5 Å². The van der Waals surface area contributed by atoms with Crippen molar-refractivity contribution >= 4 is 27.5 Å². The van der Waals surface area contributed by atoms with Crippen LogP contribution in [0.15, 0.2) is 69.5 Å². The van der Waals surface area contributed by atoms with Crippen LogP contribution in [0.1, 0.15) is 51.0 Å². The quantitative estimate of drug-likeness (QED) is 0.597. The molecule has 1 unspecified atom stereocenters. The van der Waals surface area contributed by atoms with E-state index >= 15 is 0 Å². The number of benzene rings is 2. The Labute approximate surface area is 184 Å². The molecule has 2 saturated carbocycles. The lowest BCUT2D eigenvalue weighted by Crippen LogP contribution is -2.48. The Bertz CT molecular complexity index is 1000. The van der Waals surface area contributed by atoms with Gasteiger partial charge in [0.25, 0.3) is 10.0 Å². The number of thioether (sulfide) groups is 1. The van der Waals surface area contributed by atoms with Crippen LogP contribution in [0.3, 0.4) is 0 Å². The van der Waals surface area contributed by atoms with Crippen molar-refractivity contribution in [3.63, 3.8) is 0 Å². The van der Waals surface area contributed by atoms with Crippen LogP contribution < -0.4 is 4.83 Å². The van der Waals surface area contributed by atoms with E-state index in [1.54, 1.807) is 12.1 Å². The van der Waals surface area contributed by atoms with Crippen molar-refractivity contribution in [2.45, 2.75) is 67.4 Å². The van der Waals surface area contributed by atoms with E-state index in [0.717, 1.165) is 24.1 Å². The SMILES string of the molecule is Cc1ccc(S(=O)(=O)N/N=C2/C(Sc3ccccc3)CC[C@@H]3CCCC[C@@]23C)cc1. The molecule has 0 aromatic heterocycles. The Morgan fingerprint density at radius 3 is 2.47 bits per heavy atom. The number of hydrogen-bond acceptors (Lipinski definition) is 4. The number of nitrogens with one attached hydrogen (secondary N) is 1. The van der Waals surface area contributed by atoms with Crippen molar-refractivity contribution in [1.29, 1.82) is 0 Å². The van der Waals surface area contributed by atoms with E-state index in [1.165, 1.54) is 30.6 Å².